The molecule has 0 aliphatic carbocycles. The molecule has 7 heteroatoms. The van der Waals surface area contributed by atoms with Crippen LogP contribution in [0.5, 0.6) is 11.5 Å². The Bertz CT molecular complexity index is 930. The van der Waals surface area contributed by atoms with Crippen LogP contribution in [-0.2, 0) is 9.53 Å². The molecule has 0 saturated heterocycles. The molecule has 0 heterocycles. The Morgan fingerprint density at radius 3 is 1.78 bits per heavy atom. The summed E-state index contributed by atoms with van der Waals surface area (Å²) in [6.45, 7) is 2.70. The maximum atomic E-state index is 9.59. The maximum absolute atomic E-state index is 9.59. The second-order valence-corrected chi connectivity index (χ2v) is 7.47. The zero-order valence-corrected chi connectivity index (χ0v) is 19.7. The third kappa shape index (κ3) is 9.50. The van der Waals surface area contributed by atoms with Gasteiger partial charge in [-0.2, -0.15) is 0 Å². The van der Waals surface area contributed by atoms with Gasteiger partial charge in [-0.25, -0.2) is 0 Å². The maximum Gasteiger partial charge on any atom is 0.302 e. The van der Waals surface area contributed by atoms with Crippen LogP contribution in [-0.4, -0.2) is 26.3 Å². The lowest BCUT2D eigenvalue weighted by molar-refractivity contribution is -0.137. The number of anilines is 2. The molecule has 0 unspecified atom stereocenters. The number of benzene rings is 3. The quantitative estimate of drug-likeness (QED) is 0.262. The highest BCUT2D eigenvalue weighted by Gasteiger charge is 2.05. The van der Waals surface area contributed by atoms with Crippen molar-refractivity contribution in [3.63, 3.8) is 0 Å². The van der Waals surface area contributed by atoms with Crippen LogP contribution < -0.4 is 14.8 Å². The fraction of sp³-hybridized carbons (Fsp3) is 0.240. The van der Waals surface area contributed by atoms with Crippen LogP contribution in [0.1, 0.15) is 19.8 Å². The van der Waals surface area contributed by atoms with E-state index in [0.29, 0.717) is 28.9 Å². The SMILES string of the molecule is COC(C)=O.Clc1cccc(Cl)c1Nc1ccc(OCCCCOc2ccccc2)cc1. The number of ether oxygens (including phenoxy) is 3. The van der Waals surface area contributed by atoms with Crippen molar-refractivity contribution in [1.82, 2.24) is 0 Å². The van der Waals surface area contributed by atoms with Gasteiger partial charge in [-0.3, -0.25) is 4.79 Å². The van der Waals surface area contributed by atoms with Gasteiger partial charge in [0.05, 0.1) is 36.1 Å². The molecule has 1 N–H and O–H groups in total. The van der Waals surface area contributed by atoms with E-state index >= 15 is 0 Å². The van der Waals surface area contributed by atoms with Crippen molar-refractivity contribution in [2.24, 2.45) is 0 Å². The molecule has 32 heavy (non-hydrogen) atoms. The van der Waals surface area contributed by atoms with Crippen molar-refractivity contribution in [2.45, 2.75) is 19.8 Å². The summed E-state index contributed by atoms with van der Waals surface area (Å²) in [5.41, 5.74) is 1.60. The minimum absolute atomic E-state index is 0.245. The van der Waals surface area contributed by atoms with Crippen LogP contribution in [0.2, 0.25) is 10.0 Å². The summed E-state index contributed by atoms with van der Waals surface area (Å²) in [7, 11) is 1.35. The predicted molar refractivity (Wildman–Crippen MR) is 131 cm³/mol. The number of methoxy groups -OCH3 is 1. The fourth-order valence-corrected chi connectivity index (χ4v) is 2.99. The van der Waals surface area contributed by atoms with Crippen molar-refractivity contribution >= 4 is 40.5 Å². The molecule has 3 rings (SSSR count). The van der Waals surface area contributed by atoms with Crippen molar-refractivity contribution in [3.8, 4) is 11.5 Å². The summed E-state index contributed by atoms with van der Waals surface area (Å²) < 4.78 is 15.6. The summed E-state index contributed by atoms with van der Waals surface area (Å²) in [6.07, 6.45) is 1.88. The molecule has 0 aromatic heterocycles. The van der Waals surface area contributed by atoms with Crippen LogP contribution in [0.4, 0.5) is 11.4 Å². The van der Waals surface area contributed by atoms with E-state index in [9.17, 15) is 4.79 Å². The summed E-state index contributed by atoms with van der Waals surface area (Å²) >= 11 is 12.4. The van der Waals surface area contributed by atoms with Crippen LogP contribution in [0, 0.1) is 0 Å². The summed E-state index contributed by atoms with van der Waals surface area (Å²) in [4.78, 5) is 9.59. The van der Waals surface area contributed by atoms with E-state index in [0.717, 1.165) is 30.0 Å². The van der Waals surface area contributed by atoms with Gasteiger partial charge in [0.25, 0.3) is 0 Å². The number of hydrogen-bond acceptors (Lipinski definition) is 5. The van der Waals surface area contributed by atoms with E-state index in [-0.39, 0.29) is 5.97 Å². The first-order valence-electron chi connectivity index (χ1n) is 10.2. The van der Waals surface area contributed by atoms with Crippen LogP contribution in [0.15, 0.2) is 72.8 Å². The number of rotatable bonds is 9. The molecule has 0 atom stereocenters. The molecule has 0 bridgehead atoms. The summed E-state index contributed by atoms with van der Waals surface area (Å²) in [5.74, 6) is 1.49. The first-order valence-corrected chi connectivity index (χ1v) is 10.9. The Balaban J connectivity index is 0.000000654. The van der Waals surface area contributed by atoms with E-state index < -0.39 is 0 Å². The van der Waals surface area contributed by atoms with Gasteiger partial charge >= 0.3 is 5.97 Å². The normalized spacial score (nSPS) is 9.88. The first-order chi connectivity index (χ1) is 15.5. The standard InChI is InChI=1S/C22H21Cl2NO2.C3H6O2/c23-20-9-6-10-21(24)22(20)25-17-11-13-19(14-12-17)27-16-5-4-15-26-18-7-2-1-3-8-18;1-3(4)5-2/h1-3,6-14,25H,4-5,15-16H2;1-2H3. The molecule has 0 spiro atoms. The molecule has 0 aliphatic rings. The minimum atomic E-state index is -0.245. The highest BCUT2D eigenvalue weighted by atomic mass is 35.5. The molecular weight excluding hydrogens is 449 g/mol. The molecule has 3 aromatic carbocycles. The largest absolute Gasteiger partial charge is 0.494 e. The van der Waals surface area contributed by atoms with E-state index in [2.05, 4.69) is 10.1 Å². The smallest absolute Gasteiger partial charge is 0.302 e. The van der Waals surface area contributed by atoms with E-state index in [4.69, 9.17) is 32.7 Å². The van der Waals surface area contributed by atoms with E-state index in [1.807, 2.05) is 60.7 Å². The summed E-state index contributed by atoms with van der Waals surface area (Å²) in [6, 6.07) is 23.0. The average molecular weight is 476 g/mol. The molecule has 5 nitrogen and oxygen atoms in total. The predicted octanol–water partition coefficient (Wildman–Crippen LogP) is 7.15. The van der Waals surface area contributed by atoms with Gasteiger partial charge in [0.2, 0.25) is 0 Å². The number of carbonyl (C=O) groups is 1. The van der Waals surface area contributed by atoms with Gasteiger partial charge in [0.1, 0.15) is 11.5 Å². The van der Waals surface area contributed by atoms with Crippen molar-refractivity contribution < 1.29 is 19.0 Å². The third-order valence-electron chi connectivity index (χ3n) is 4.19. The third-order valence-corrected chi connectivity index (χ3v) is 4.82. The number of esters is 1. The van der Waals surface area contributed by atoms with Crippen LogP contribution in [0.25, 0.3) is 0 Å². The lowest BCUT2D eigenvalue weighted by Gasteiger charge is -2.11. The molecular formula is C25H27Cl2NO4. The molecule has 0 saturated carbocycles. The van der Waals surface area contributed by atoms with Gasteiger partial charge in [-0.05, 0) is 61.4 Å². The van der Waals surface area contributed by atoms with Gasteiger partial charge in [0.15, 0.2) is 0 Å². The number of unbranched alkanes of at least 4 members (excludes halogenated alkanes) is 1. The topological polar surface area (TPSA) is 56.8 Å². The Labute approximate surface area is 199 Å². The van der Waals surface area contributed by atoms with Crippen molar-refractivity contribution in [2.75, 3.05) is 25.6 Å². The second kappa shape index (κ2) is 14.2. The number of halogens is 2. The minimum Gasteiger partial charge on any atom is -0.494 e. The average Bonchev–Trinajstić information content (AvgIpc) is 2.80. The first kappa shape index (κ1) is 25.4. The zero-order valence-electron chi connectivity index (χ0n) is 18.1. The molecule has 3 aromatic rings. The highest BCUT2D eigenvalue weighted by molar-refractivity contribution is 6.39. The van der Waals surface area contributed by atoms with Crippen LogP contribution >= 0.6 is 23.2 Å². The molecule has 0 fully saturated rings. The van der Waals surface area contributed by atoms with Crippen molar-refractivity contribution in [3.05, 3.63) is 82.8 Å². The Hall–Kier alpha value is -2.89. The van der Waals surface area contributed by atoms with Gasteiger partial charge < -0.3 is 19.5 Å². The number of para-hydroxylation sites is 2. The van der Waals surface area contributed by atoms with E-state index in [1.54, 1.807) is 12.1 Å². The van der Waals surface area contributed by atoms with Crippen LogP contribution in [0.3, 0.4) is 0 Å². The fourth-order valence-electron chi connectivity index (χ4n) is 2.50. The number of nitrogens with one attached hydrogen (secondary N) is 1. The Morgan fingerprint density at radius 1 is 0.781 bits per heavy atom. The summed E-state index contributed by atoms with van der Waals surface area (Å²) in [5, 5.41) is 4.40. The molecule has 170 valence electrons. The molecule has 0 aliphatic heterocycles. The second-order valence-electron chi connectivity index (χ2n) is 6.66. The van der Waals surface area contributed by atoms with Crippen molar-refractivity contribution in [1.29, 1.82) is 0 Å². The Morgan fingerprint density at radius 2 is 1.28 bits per heavy atom. The van der Waals surface area contributed by atoms with Gasteiger partial charge in [0, 0.05) is 12.6 Å². The number of carbonyl (C=O) groups excluding carboxylic acids is 1. The Kier molecular flexibility index (Phi) is 11.3. The molecule has 0 amide bonds. The monoisotopic (exact) mass is 475 g/mol. The van der Waals surface area contributed by atoms with Gasteiger partial charge in [-0.15, -0.1) is 0 Å². The lowest BCUT2D eigenvalue weighted by Crippen LogP contribution is -2.02. The zero-order chi connectivity index (χ0) is 23.2. The highest BCUT2D eigenvalue weighted by Crippen LogP contribution is 2.32. The van der Waals surface area contributed by atoms with E-state index in [1.165, 1.54) is 14.0 Å². The van der Waals surface area contributed by atoms with Gasteiger partial charge in [-0.1, -0.05) is 47.5 Å². The lowest BCUT2D eigenvalue weighted by atomic mass is 10.2. The number of hydrogen-bond donors (Lipinski definition) is 1. The molecule has 0 radical (unpaired) electrons.